The monoisotopic (exact) mass is 166 g/mol. The first-order valence-corrected chi connectivity index (χ1v) is 5.06. The Hall–Kier alpha value is -0.530. The van der Waals surface area contributed by atoms with Crippen LogP contribution in [0.5, 0.6) is 0 Å². The smallest absolute Gasteiger partial charge is 0.127 e. The summed E-state index contributed by atoms with van der Waals surface area (Å²) in [5.41, 5.74) is 0. The number of rotatable bonds is 3. The average molecular weight is 166 g/mol. The fraction of sp³-hybridized carbons (Fsp3) is 0.900. The van der Waals surface area contributed by atoms with Gasteiger partial charge in [0.15, 0.2) is 0 Å². The Morgan fingerprint density at radius 3 is 2.42 bits per heavy atom. The number of hydrogen-bond donors (Lipinski definition) is 0. The molecule has 0 spiro atoms. The first kappa shape index (κ1) is 8.09. The van der Waals surface area contributed by atoms with E-state index in [2.05, 4.69) is 11.4 Å². The third-order valence-corrected chi connectivity index (χ3v) is 2.57. The first-order chi connectivity index (χ1) is 5.95. The van der Waals surface area contributed by atoms with Gasteiger partial charge in [0.25, 0.3) is 0 Å². The van der Waals surface area contributed by atoms with Crippen molar-refractivity contribution < 1.29 is 4.84 Å². The number of hydrogen-bond acceptors (Lipinski definition) is 2. The highest BCUT2D eigenvalue weighted by molar-refractivity contribution is 5.62. The highest BCUT2D eigenvalue weighted by Crippen LogP contribution is 2.27. The van der Waals surface area contributed by atoms with Gasteiger partial charge in [-0.05, 0) is 38.5 Å². The largest absolute Gasteiger partial charge is 0.392 e. The molecule has 0 unspecified atom stereocenters. The van der Waals surface area contributed by atoms with Crippen molar-refractivity contribution in [1.82, 2.24) is 0 Å². The molecular formula is C10H16NO. The normalized spacial score (nSPS) is 26.3. The van der Waals surface area contributed by atoms with E-state index in [-0.39, 0.29) is 0 Å². The van der Waals surface area contributed by atoms with Crippen molar-refractivity contribution in [3.05, 3.63) is 0 Å². The van der Waals surface area contributed by atoms with Crippen molar-refractivity contribution in [2.45, 2.75) is 51.0 Å². The average Bonchev–Trinajstić information content (AvgIpc) is 2.90. The summed E-state index contributed by atoms with van der Waals surface area (Å²) in [4.78, 5) is 5.35. The van der Waals surface area contributed by atoms with Gasteiger partial charge in [-0.1, -0.05) is 11.6 Å². The fourth-order valence-electron chi connectivity index (χ4n) is 1.56. The van der Waals surface area contributed by atoms with E-state index in [4.69, 9.17) is 4.84 Å². The number of nitrogens with zero attached hydrogens (tertiary/aromatic N) is 1. The van der Waals surface area contributed by atoms with Crippen LogP contribution in [0.4, 0.5) is 0 Å². The molecule has 0 aromatic heterocycles. The molecule has 0 amide bonds. The third kappa shape index (κ3) is 2.50. The van der Waals surface area contributed by atoms with E-state index in [1.54, 1.807) is 0 Å². The summed E-state index contributed by atoms with van der Waals surface area (Å²) in [7, 11) is 0. The van der Waals surface area contributed by atoms with Crippen LogP contribution in [-0.2, 0) is 4.84 Å². The molecule has 2 nitrogen and oxygen atoms in total. The molecule has 2 saturated carbocycles. The van der Waals surface area contributed by atoms with Gasteiger partial charge in [0.05, 0.1) is 0 Å². The van der Waals surface area contributed by atoms with Gasteiger partial charge in [0, 0.05) is 5.92 Å². The zero-order chi connectivity index (χ0) is 8.23. The Balaban J connectivity index is 1.63. The molecule has 2 heteroatoms. The fourth-order valence-corrected chi connectivity index (χ4v) is 1.56. The summed E-state index contributed by atoms with van der Waals surface area (Å²) in [6.45, 7) is 0. The van der Waals surface area contributed by atoms with E-state index in [9.17, 15) is 0 Å². The second kappa shape index (κ2) is 3.92. The second-order valence-corrected chi connectivity index (χ2v) is 3.86. The predicted molar refractivity (Wildman–Crippen MR) is 48.1 cm³/mol. The lowest BCUT2D eigenvalue weighted by molar-refractivity contribution is 0.0335. The maximum Gasteiger partial charge on any atom is 0.127 e. The van der Waals surface area contributed by atoms with Crippen molar-refractivity contribution >= 4 is 6.21 Å². The van der Waals surface area contributed by atoms with E-state index < -0.39 is 0 Å². The quantitative estimate of drug-likeness (QED) is 0.466. The van der Waals surface area contributed by atoms with Crippen LogP contribution >= 0.6 is 0 Å². The Morgan fingerprint density at radius 1 is 1.00 bits per heavy atom. The van der Waals surface area contributed by atoms with Crippen LogP contribution in [0.2, 0.25) is 0 Å². The van der Waals surface area contributed by atoms with E-state index in [1.807, 2.05) is 0 Å². The van der Waals surface area contributed by atoms with Crippen molar-refractivity contribution in [2.75, 3.05) is 0 Å². The molecule has 2 fully saturated rings. The van der Waals surface area contributed by atoms with Crippen molar-refractivity contribution in [1.29, 1.82) is 0 Å². The summed E-state index contributed by atoms with van der Waals surface area (Å²) in [5.74, 6) is 0.619. The van der Waals surface area contributed by atoms with Crippen LogP contribution in [0, 0.1) is 5.92 Å². The zero-order valence-corrected chi connectivity index (χ0v) is 7.46. The van der Waals surface area contributed by atoms with Gasteiger partial charge in [-0.2, -0.15) is 0 Å². The van der Waals surface area contributed by atoms with Crippen LogP contribution in [-0.4, -0.2) is 12.3 Å². The molecule has 0 N–H and O–H groups in total. The molecule has 0 aromatic rings. The van der Waals surface area contributed by atoms with Gasteiger partial charge in [-0.25, -0.2) is 0 Å². The third-order valence-electron chi connectivity index (χ3n) is 2.57. The van der Waals surface area contributed by atoms with Gasteiger partial charge in [0.1, 0.15) is 12.3 Å². The SMILES string of the molecule is [C](=N\OC1CCCCC1)/C1CC1. The molecule has 0 aliphatic heterocycles. The molecule has 2 aliphatic carbocycles. The highest BCUT2D eigenvalue weighted by Gasteiger charge is 2.20. The Kier molecular flexibility index (Phi) is 2.64. The van der Waals surface area contributed by atoms with Gasteiger partial charge < -0.3 is 4.84 Å². The molecule has 12 heavy (non-hydrogen) atoms. The molecule has 2 aliphatic rings. The van der Waals surface area contributed by atoms with Crippen molar-refractivity contribution in [3.63, 3.8) is 0 Å². The maximum atomic E-state index is 5.35. The molecule has 1 radical (unpaired) electrons. The van der Waals surface area contributed by atoms with Gasteiger partial charge >= 0.3 is 0 Å². The van der Waals surface area contributed by atoms with E-state index in [1.165, 1.54) is 44.9 Å². The van der Waals surface area contributed by atoms with Crippen molar-refractivity contribution in [3.8, 4) is 0 Å². The molecule has 0 aromatic carbocycles. The zero-order valence-electron chi connectivity index (χ0n) is 7.46. The van der Waals surface area contributed by atoms with E-state index in [0.717, 1.165) is 0 Å². The topological polar surface area (TPSA) is 21.6 Å². The minimum Gasteiger partial charge on any atom is -0.392 e. The first-order valence-electron chi connectivity index (χ1n) is 5.06. The van der Waals surface area contributed by atoms with Crippen LogP contribution in [0.3, 0.4) is 0 Å². The minimum atomic E-state index is 0.394. The molecule has 0 saturated heterocycles. The van der Waals surface area contributed by atoms with Crippen molar-refractivity contribution in [2.24, 2.45) is 11.1 Å². The summed E-state index contributed by atoms with van der Waals surface area (Å²) >= 11 is 0. The molecule has 0 bridgehead atoms. The highest BCUT2D eigenvalue weighted by atomic mass is 16.6. The van der Waals surface area contributed by atoms with Crippen LogP contribution < -0.4 is 0 Å². The molecule has 67 valence electrons. The lowest BCUT2D eigenvalue weighted by Crippen LogP contribution is -2.13. The molecule has 2 rings (SSSR count). The Labute approximate surface area is 74.0 Å². The summed E-state index contributed by atoms with van der Waals surface area (Å²) in [5, 5.41) is 3.91. The van der Waals surface area contributed by atoms with Crippen LogP contribution in [0.25, 0.3) is 0 Å². The molecular weight excluding hydrogens is 150 g/mol. The molecule has 0 heterocycles. The predicted octanol–water partition coefficient (Wildman–Crippen LogP) is 2.61. The van der Waals surface area contributed by atoms with Crippen LogP contribution in [0.1, 0.15) is 44.9 Å². The van der Waals surface area contributed by atoms with E-state index in [0.29, 0.717) is 12.0 Å². The van der Waals surface area contributed by atoms with Gasteiger partial charge in [0.2, 0.25) is 0 Å². The second-order valence-electron chi connectivity index (χ2n) is 3.86. The van der Waals surface area contributed by atoms with E-state index >= 15 is 0 Å². The Morgan fingerprint density at radius 2 is 1.75 bits per heavy atom. The lowest BCUT2D eigenvalue weighted by atomic mass is 9.98. The lowest BCUT2D eigenvalue weighted by Gasteiger charge is -2.18. The summed E-state index contributed by atoms with van der Waals surface area (Å²) in [6, 6.07) is 0. The summed E-state index contributed by atoms with van der Waals surface area (Å²) < 4.78 is 0. The summed E-state index contributed by atoms with van der Waals surface area (Å²) in [6.07, 6.45) is 12.3. The standard InChI is InChI=1S/C10H16NO/c1-2-4-10(5-3-1)12-11-8-9-6-7-9/h9-10H,1-7H2. The van der Waals surface area contributed by atoms with Crippen LogP contribution in [0.15, 0.2) is 5.16 Å². The van der Waals surface area contributed by atoms with Gasteiger partial charge in [-0.3, -0.25) is 0 Å². The molecule has 0 atom stereocenters. The van der Waals surface area contributed by atoms with Gasteiger partial charge in [-0.15, -0.1) is 0 Å². The maximum absolute atomic E-state index is 5.35. The Bertz CT molecular complexity index is 157. The minimum absolute atomic E-state index is 0.394.